The van der Waals surface area contributed by atoms with Crippen molar-refractivity contribution < 1.29 is 0 Å². The van der Waals surface area contributed by atoms with E-state index >= 15 is 0 Å². The standard InChI is InChI=1S/C19H27N3/c1-2-4-19-18(3-1)17(14-22(19)13-16-5-6-16)12-21-11-15-7-9-20-10-8-15/h1-4,14-16,20-21H,5-13H2. The number of aromatic nitrogens is 1. The van der Waals surface area contributed by atoms with Gasteiger partial charge in [-0.2, -0.15) is 0 Å². The molecule has 22 heavy (non-hydrogen) atoms. The maximum atomic E-state index is 3.70. The number of benzene rings is 1. The second-order valence-electron chi connectivity index (χ2n) is 7.09. The Morgan fingerprint density at radius 1 is 1.05 bits per heavy atom. The first-order chi connectivity index (χ1) is 10.9. The Labute approximate surface area is 133 Å². The van der Waals surface area contributed by atoms with Gasteiger partial charge in [0.1, 0.15) is 0 Å². The lowest BCUT2D eigenvalue weighted by molar-refractivity contribution is 0.356. The maximum Gasteiger partial charge on any atom is 0.0483 e. The van der Waals surface area contributed by atoms with E-state index in [0.29, 0.717) is 0 Å². The lowest BCUT2D eigenvalue weighted by Gasteiger charge is -2.22. The van der Waals surface area contributed by atoms with Crippen molar-refractivity contribution in [1.82, 2.24) is 15.2 Å². The second-order valence-corrected chi connectivity index (χ2v) is 7.09. The molecular formula is C19H27N3. The highest BCUT2D eigenvalue weighted by atomic mass is 15.0. The molecule has 0 bridgehead atoms. The summed E-state index contributed by atoms with van der Waals surface area (Å²) in [6.07, 6.45) is 7.84. The van der Waals surface area contributed by atoms with Crippen LogP contribution >= 0.6 is 0 Å². The molecule has 4 rings (SSSR count). The Bertz CT molecular complexity index is 621. The Morgan fingerprint density at radius 2 is 1.86 bits per heavy atom. The minimum absolute atomic E-state index is 0.848. The highest BCUT2D eigenvalue weighted by molar-refractivity contribution is 5.83. The van der Waals surface area contributed by atoms with Gasteiger partial charge in [-0.15, -0.1) is 0 Å². The monoisotopic (exact) mass is 297 g/mol. The quantitative estimate of drug-likeness (QED) is 0.857. The van der Waals surface area contributed by atoms with Gasteiger partial charge in [0.05, 0.1) is 0 Å². The van der Waals surface area contributed by atoms with Crippen molar-refractivity contribution in [3.63, 3.8) is 0 Å². The second kappa shape index (κ2) is 6.43. The number of hydrogen-bond acceptors (Lipinski definition) is 2. The summed E-state index contributed by atoms with van der Waals surface area (Å²) >= 11 is 0. The lowest BCUT2D eigenvalue weighted by Crippen LogP contribution is -2.33. The first kappa shape index (κ1) is 14.3. The van der Waals surface area contributed by atoms with Crippen molar-refractivity contribution in [3.05, 3.63) is 36.0 Å². The van der Waals surface area contributed by atoms with Crippen LogP contribution in [0.2, 0.25) is 0 Å². The summed E-state index contributed by atoms with van der Waals surface area (Å²) in [5.41, 5.74) is 2.87. The molecule has 118 valence electrons. The molecule has 1 saturated heterocycles. The normalized spacial score (nSPS) is 19.8. The van der Waals surface area contributed by atoms with Crippen LogP contribution < -0.4 is 10.6 Å². The fourth-order valence-corrected chi connectivity index (χ4v) is 3.69. The van der Waals surface area contributed by atoms with Crippen LogP contribution in [0.15, 0.2) is 30.5 Å². The third kappa shape index (κ3) is 3.21. The van der Waals surface area contributed by atoms with Crippen molar-refractivity contribution in [1.29, 1.82) is 0 Å². The van der Waals surface area contributed by atoms with Crippen molar-refractivity contribution >= 4 is 10.9 Å². The van der Waals surface area contributed by atoms with Crippen LogP contribution in [-0.4, -0.2) is 24.2 Å². The van der Waals surface area contributed by atoms with Crippen LogP contribution in [0.25, 0.3) is 10.9 Å². The fourth-order valence-electron chi connectivity index (χ4n) is 3.69. The molecule has 2 aliphatic rings. The zero-order valence-electron chi connectivity index (χ0n) is 13.4. The summed E-state index contributed by atoms with van der Waals surface area (Å²) in [6.45, 7) is 5.74. The van der Waals surface area contributed by atoms with Crippen LogP contribution in [-0.2, 0) is 13.1 Å². The van der Waals surface area contributed by atoms with Gasteiger partial charge in [-0.3, -0.25) is 0 Å². The third-order valence-electron chi connectivity index (χ3n) is 5.23. The van der Waals surface area contributed by atoms with Gasteiger partial charge in [0.25, 0.3) is 0 Å². The van der Waals surface area contributed by atoms with Gasteiger partial charge in [-0.1, -0.05) is 18.2 Å². The van der Waals surface area contributed by atoms with Crippen LogP contribution in [0.5, 0.6) is 0 Å². The van der Waals surface area contributed by atoms with E-state index in [4.69, 9.17) is 0 Å². The predicted octanol–water partition coefficient (Wildman–Crippen LogP) is 3.14. The number of nitrogens with one attached hydrogen (secondary N) is 2. The zero-order chi connectivity index (χ0) is 14.8. The topological polar surface area (TPSA) is 29.0 Å². The Kier molecular flexibility index (Phi) is 4.17. The average molecular weight is 297 g/mol. The van der Waals surface area contributed by atoms with Crippen molar-refractivity contribution in [2.45, 2.75) is 38.8 Å². The maximum absolute atomic E-state index is 3.70. The first-order valence-corrected chi connectivity index (χ1v) is 8.88. The SMILES string of the molecule is c1ccc2c(c1)c(CNCC1CCNCC1)cn2CC1CC1. The number of nitrogens with zero attached hydrogens (tertiary/aromatic N) is 1. The van der Waals surface area contributed by atoms with E-state index in [1.165, 1.54) is 61.8 Å². The van der Waals surface area contributed by atoms with E-state index in [1.54, 1.807) is 0 Å². The molecule has 2 aromatic rings. The summed E-state index contributed by atoms with van der Waals surface area (Å²) in [7, 11) is 0. The average Bonchev–Trinajstić information content (AvgIpc) is 3.31. The number of hydrogen-bond donors (Lipinski definition) is 2. The molecule has 0 spiro atoms. The molecule has 1 aliphatic carbocycles. The van der Waals surface area contributed by atoms with Crippen LogP contribution in [0.4, 0.5) is 0 Å². The van der Waals surface area contributed by atoms with Gasteiger partial charge in [0, 0.05) is 30.2 Å². The van der Waals surface area contributed by atoms with E-state index in [9.17, 15) is 0 Å². The van der Waals surface area contributed by atoms with Crippen LogP contribution in [0.1, 0.15) is 31.2 Å². The van der Waals surface area contributed by atoms with Crippen LogP contribution in [0.3, 0.4) is 0 Å². The van der Waals surface area contributed by atoms with Gasteiger partial charge in [-0.25, -0.2) is 0 Å². The summed E-state index contributed by atoms with van der Waals surface area (Å²) in [5.74, 6) is 1.77. The summed E-state index contributed by atoms with van der Waals surface area (Å²) < 4.78 is 2.48. The lowest BCUT2D eigenvalue weighted by atomic mass is 9.98. The number of fused-ring (bicyclic) bond motifs is 1. The molecule has 1 aliphatic heterocycles. The Morgan fingerprint density at radius 3 is 2.68 bits per heavy atom. The van der Waals surface area contributed by atoms with Crippen LogP contribution in [0, 0.1) is 11.8 Å². The molecule has 1 aromatic carbocycles. The summed E-state index contributed by atoms with van der Waals surface area (Å²) in [4.78, 5) is 0. The minimum Gasteiger partial charge on any atom is -0.347 e. The van der Waals surface area contributed by atoms with Crippen molar-refractivity contribution in [2.75, 3.05) is 19.6 Å². The molecule has 0 radical (unpaired) electrons. The molecule has 1 aromatic heterocycles. The van der Waals surface area contributed by atoms with E-state index in [1.807, 2.05) is 0 Å². The molecule has 0 unspecified atom stereocenters. The molecule has 2 N–H and O–H groups in total. The van der Waals surface area contributed by atoms with E-state index < -0.39 is 0 Å². The van der Waals surface area contributed by atoms with Gasteiger partial charge < -0.3 is 15.2 Å². The molecule has 3 heteroatoms. The van der Waals surface area contributed by atoms with Gasteiger partial charge in [0.15, 0.2) is 0 Å². The van der Waals surface area contributed by atoms with Gasteiger partial charge >= 0.3 is 0 Å². The Balaban J connectivity index is 1.43. The van der Waals surface area contributed by atoms with E-state index in [2.05, 4.69) is 45.7 Å². The molecule has 3 nitrogen and oxygen atoms in total. The first-order valence-electron chi connectivity index (χ1n) is 8.88. The highest BCUT2D eigenvalue weighted by Crippen LogP contribution is 2.33. The summed E-state index contributed by atoms with van der Waals surface area (Å²) in [6, 6.07) is 8.88. The number of para-hydroxylation sites is 1. The summed E-state index contributed by atoms with van der Waals surface area (Å²) in [5, 5.41) is 8.58. The molecule has 2 fully saturated rings. The Hall–Kier alpha value is -1.32. The molecule has 2 heterocycles. The minimum atomic E-state index is 0.848. The van der Waals surface area contributed by atoms with Crippen molar-refractivity contribution in [2.24, 2.45) is 11.8 Å². The molecule has 1 saturated carbocycles. The number of piperidine rings is 1. The predicted molar refractivity (Wildman–Crippen MR) is 92.0 cm³/mol. The van der Waals surface area contributed by atoms with E-state index in [-0.39, 0.29) is 0 Å². The fraction of sp³-hybridized carbons (Fsp3) is 0.579. The van der Waals surface area contributed by atoms with Crippen molar-refractivity contribution in [3.8, 4) is 0 Å². The van der Waals surface area contributed by atoms with Gasteiger partial charge in [-0.05, 0) is 68.8 Å². The van der Waals surface area contributed by atoms with E-state index in [0.717, 1.165) is 24.9 Å². The number of rotatable bonds is 6. The molecule has 0 amide bonds. The highest BCUT2D eigenvalue weighted by Gasteiger charge is 2.22. The smallest absolute Gasteiger partial charge is 0.0483 e. The van der Waals surface area contributed by atoms with Gasteiger partial charge in [0.2, 0.25) is 0 Å². The molecular weight excluding hydrogens is 270 g/mol. The zero-order valence-corrected chi connectivity index (χ0v) is 13.4. The largest absolute Gasteiger partial charge is 0.347 e. The third-order valence-corrected chi connectivity index (χ3v) is 5.23. The molecule has 0 atom stereocenters.